The molecule has 5 rings (SSSR count). The highest BCUT2D eigenvalue weighted by Crippen LogP contribution is 2.41. The lowest BCUT2D eigenvalue weighted by molar-refractivity contribution is 0.175. The van der Waals surface area contributed by atoms with Crippen LogP contribution in [0.25, 0.3) is 33.0 Å². The summed E-state index contributed by atoms with van der Waals surface area (Å²) >= 11 is 0. The topological polar surface area (TPSA) is 61.6 Å². The Morgan fingerprint density at radius 2 is 1.88 bits per heavy atom. The summed E-state index contributed by atoms with van der Waals surface area (Å²) in [6, 6.07) is 12.9. The van der Waals surface area contributed by atoms with E-state index in [0.29, 0.717) is 39.1 Å². The van der Waals surface area contributed by atoms with Crippen LogP contribution in [0.1, 0.15) is 0 Å². The van der Waals surface area contributed by atoms with Crippen molar-refractivity contribution in [2.45, 2.75) is 0 Å². The molecule has 0 aliphatic carbocycles. The van der Waals surface area contributed by atoms with E-state index in [1.807, 2.05) is 24.3 Å². The van der Waals surface area contributed by atoms with Crippen LogP contribution in [-0.4, -0.2) is 11.8 Å². The van der Waals surface area contributed by atoms with Crippen LogP contribution in [0.15, 0.2) is 64.1 Å². The maximum atomic E-state index is 13.1. The van der Waals surface area contributed by atoms with Crippen LogP contribution in [0, 0.1) is 0 Å². The smallest absolute Gasteiger partial charge is 0.231 e. The van der Waals surface area contributed by atoms with Gasteiger partial charge in [0.05, 0.1) is 16.6 Å². The van der Waals surface area contributed by atoms with E-state index in [2.05, 4.69) is 4.98 Å². The number of hydrogen-bond acceptors (Lipinski definition) is 5. The molecule has 0 fully saturated rings. The molecule has 5 nitrogen and oxygen atoms in total. The van der Waals surface area contributed by atoms with Crippen molar-refractivity contribution in [2.24, 2.45) is 0 Å². The van der Waals surface area contributed by atoms with E-state index in [0.717, 1.165) is 5.39 Å². The van der Waals surface area contributed by atoms with Gasteiger partial charge >= 0.3 is 0 Å². The number of nitrogens with zero attached hydrogens (tertiary/aromatic N) is 1. The molecule has 0 saturated heterocycles. The fourth-order valence-electron chi connectivity index (χ4n) is 3.09. The van der Waals surface area contributed by atoms with Crippen molar-refractivity contribution in [1.82, 2.24) is 4.98 Å². The summed E-state index contributed by atoms with van der Waals surface area (Å²) in [6.45, 7) is 0.149. The Balaban J connectivity index is 1.95. The Labute approximate surface area is 136 Å². The molecule has 3 heterocycles. The monoisotopic (exact) mass is 317 g/mol. The summed E-state index contributed by atoms with van der Waals surface area (Å²) in [5.74, 6) is 1.22. The highest BCUT2D eigenvalue weighted by atomic mass is 16.7. The Hall–Kier alpha value is -3.34. The normalized spacial score (nSPS) is 12.8. The van der Waals surface area contributed by atoms with E-state index in [9.17, 15) is 4.79 Å². The highest BCUT2D eigenvalue weighted by Gasteiger charge is 2.21. The molecule has 5 heteroatoms. The quantitative estimate of drug-likeness (QED) is 0.501. The fourth-order valence-corrected chi connectivity index (χ4v) is 3.09. The van der Waals surface area contributed by atoms with Crippen LogP contribution >= 0.6 is 0 Å². The van der Waals surface area contributed by atoms with Gasteiger partial charge in [0.15, 0.2) is 11.5 Å². The minimum absolute atomic E-state index is 0.135. The second-order valence-electron chi connectivity index (χ2n) is 5.53. The van der Waals surface area contributed by atoms with Crippen molar-refractivity contribution in [3.63, 3.8) is 0 Å². The highest BCUT2D eigenvalue weighted by molar-refractivity contribution is 6.10. The van der Waals surface area contributed by atoms with Crippen LogP contribution in [0.3, 0.4) is 0 Å². The average molecular weight is 317 g/mol. The van der Waals surface area contributed by atoms with E-state index in [4.69, 9.17) is 13.9 Å². The number of ether oxygens (including phenoxy) is 2. The number of pyridine rings is 1. The maximum Gasteiger partial charge on any atom is 0.231 e. The molecule has 1 aliphatic rings. The molecule has 2 aromatic carbocycles. The summed E-state index contributed by atoms with van der Waals surface area (Å²) in [5, 5.41) is 2.10. The Kier molecular flexibility index (Phi) is 2.64. The summed E-state index contributed by atoms with van der Waals surface area (Å²) < 4.78 is 16.8. The van der Waals surface area contributed by atoms with Gasteiger partial charge in [0, 0.05) is 11.6 Å². The first-order chi connectivity index (χ1) is 11.8. The first-order valence-corrected chi connectivity index (χ1v) is 7.51. The predicted octanol–water partition coefficient (Wildman–Crippen LogP) is 3.74. The van der Waals surface area contributed by atoms with Gasteiger partial charge in [-0.1, -0.05) is 18.2 Å². The van der Waals surface area contributed by atoms with Gasteiger partial charge in [0.1, 0.15) is 11.8 Å². The molecule has 116 valence electrons. The second kappa shape index (κ2) is 4.83. The van der Waals surface area contributed by atoms with E-state index in [-0.39, 0.29) is 12.2 Å². The molecular formula is C19H11NO4. The van der Waals surface area contributed by atoms with Gasteiger partial charge in [-0.2, -0.15) is 0 Å². The lowest BCUT2D eigenvalue weighted by Gasteiger charge is -2.07. The van der Waals surface area contributed by atoms with E-state index >= 15 is 0 Å². The second-order valence-corrected chi connectivity index (χ2v) is 5.53. The predicted molar refractivity (Wildman–Crippen MR) is 89.3 cm³/mol. The van der Waals surface area contributed by atoms with Crippen molar-refractivity contribution in [2.75, 3.05) is 6.79 Å². The first-order valence-electron chi connectivity index (χ1n) is 7.51. The molecule has 4 aromatic rings. The van der Waals surface area contributed by atoms with Gasteiger partial charge in [-0.25, -0.2) is 0 Å². The van der Waals surface area contributed by atoms with Gasteiger partial charge in [-0.15, -0.1) is 0 Å². The summed E-state index contributed by atoms with van der Waals surface area (Å²) in [7, 11) is 0. The molecule has 0 N–H and O–H groups in total. The lowest BCUT2D eigenvalue weighted by atomic mass is 10.0. The van der Waals surface area contributed by atoms with Crippen molar-refractivity contribution in [3.8, 4) is 22.8 Å². The summed E-state index contributed by atoms with van der Waals surface area (Å²) in [5.41, 5.74) is 1.38. The number of aromatic nitrogens is 1. The van der Waals surface area contributed by atoms with Crippen molar-refractivity contribution in [1.29, 1.82) is 0 Å². The number of hydrogen-bond donors (Lipinski definition) is 0. The molecule has 2 aromatic heterocycles. The summed E-state index contributed by atoms with van der Waals surface area (Å²) in [6.07, 6.45) is 3.11. The summed E-state index contributed by atoms with van der Waals surface area (Å²) in [4.78, 5) is 17.4. The van der Waals surface area contributed by atoms with Crippen molar-refractivity contribution in [3.05, 3.63) is 65.1 Å². The molecular weight excluding hydrogens is 306 g/mol. The fraction of sp³-hybridized carbons (Fsp3) is 0.0526. The minimum Gasteiger partial charge on any atom is -0.463 e. The zero-order valence-corrected chi connectivity index (χ0v) is 12.5. The number of rotatable bonds is 1. The molecule has 0 saturated carbocycles. The third kappa shape index (κ3) is 1.75. The first kappa shape index (κ1) is 13.1. The van der Waals surface area contributed by atoms with E-state index in [1.165, 1.54) is 6.26 Å². The molecule has 0 radical (unpaired) electrons. The van der Waals surface area contributed by atoms with Crippen LogP contribution in [-0.2, 0) is 0 Å². The van der Waals surface area contributed by atoms with Gasteiger partial charge < -0.3 is 13.9 Å². The van der Waals surface area contributed by atoms with E-state index in [1.54, 1.807) is 24.4 Å². The minimum atomic E-state index is -0.135. The van der Waals surface area contributed by atoms with Crippen molar-refractivity contribution < 1.29 is 13.9 Å². The third-order valence-corrected chi connectivity index (χ3v) is 4.20. The molecule has 1 aliphatic heterocycles. The van der Waals surface area contributed by atoms with Crippen molar-refractivity contribution >= 4 is 21.7 Å². The van der Waals surface area contributed by atoms with E-state index < -0.39 is 0 Å². The Bertz CT molecular complexity index is 1150. The van der Waals surface area contributed by atoms with Crippen LogP contribution in [0.2, 0.25) is 0 Å². The SMILES string of the molecule is O=c1c(-c2ccccn2)coc2ccc3ccc4c(c3c12)OCO4. The van der Waals surface area contributed by atoms with Gasteiger partial charge in [0.2, 0.25) is 12.2 Å². The third-order valence-electron chi connectivity index (χ3n) is 4.20. The van der Waals surface area contributed by atoms with Gasteiger partial charge in [0.25, 0.3) is 0 Å². The zero-order chi connectivity index (χ0) is 16.1. The standard InChI is InChI=1S/C19H11NO4/c21-18-12(13-3-1-2-8-20-13)9-22-14-6-4-11-5-7-15-19(24-10-23-15)16(11)17(14)18/h1-9H,10H2. The molecule has 0 atom stereocenters. The van der Waals surface area contributed by atoms with Crippen LogP contribution < -0.4 is 14.9 Å². The maximum absolute atomic E-state index is 13.1. The van der Waals surface area contributed by atoms with Gasteiger partial charge in [-0.3, -0.25) is 9.78 Å². The van der Waals surface area contributed by atoms with Crippen LogP contribution in [0.5, 0.6) is 11.5 Å². The zero-order valence-electron chi connectivity index (χ0n) is 12.5. The molecule has 0 unspecified atom stereocenters. The molecule has 24 heavy (non-hydrogen) atoms. The molecule has 0 spiro atoms. The van der Waals surface area contributed by atoms with Crippen LogP contribution in [0.4, 0.5) is 0 Å². The molecule has 0 bridgehead atoms. The Morgan fingerprint density at radius 1 is 0.958 bits per heavy atom. The Morgan fingerprint density at radius 3 is 2.75 bits per heavy atom. The largest absolute Gasteiger partial charge is 0.463 e. The lowest BCUT2D eigenvalue weighted by Crippen LogP contribution is -2.06. The molecule has 0 amide bonds. The average Bonchev–Trinajstić information content (AvgIpc) is 3.11. The number of fused-ring (bicyclic) bond motifs is 5. The number of benzene rings is 2. The van der Waals surface area contributed by atoms with Gasteiger partial charge in [-0.05, 0) is 29.7 Å².